The molecular weight excluding hydrogens is 374 g/mol. The van der Waals surface area contributed by atoms with Crippen LogP contribution >= 0.6 is 15.9 Å². The van der Waals surface area contributed by atoms with Crippen LogP contribution in [0.15, 0.2) is 22.7 Å². The summed E-state index contributed by atoms with van der Waals surface area (Å²) in [5, 5.41) is 15.2. The Hall–Kier alpha value is -1.60. The number of halogens is 1. The van der Waals surface area contributed by atoms with Crippen molar-refractivity contribution >= 4 is 32.9 Å². The monoisotopic (exact) mass is 395 g/mol. The molecule has 0 bridgehead atoms. The van der Waals surface area contributed by atoms with Crippen molar-refractivity contribution in [2.45, 2.75) is 39.5 Å². The third kappa shape index (κ3) is 3.57. The fraction of sp³-hybridized carbons (Fsp3) is 0.529. The van der Waals surface area contributed by atoms with Gasteiger partial charge in [-0.3, -0.25) is 4.68 Å². The predicted octanol–water partition coefficient (Wildman–Crippen LogP) is 3.16. The van der Waals surface area contributed by atoms with Gasteiger partial charge in [0.1, 0.15) is 5.60 Å². The summed E-state index contributed by atoms with van der Waals surface area (Å²) in [5.41, 5.74) is 1.20. The predicted molar refractivity (Wildman–Crippen MR) is 94.7 cm³/mol. The smallest absolute Gasteiger partial charge is 0.410 e. The molecule has 0 spiro atoms. The molecule has 3 rings (SSSR count). The Bertz CT molecular complexity index is 760. The van der Waals surface area contributed by atoms with Crippen LogP contribution in [0, 0.1) is 5.92 Å². The number of amides is 1. The molecule has 6 nitrogen and oxygen atoms in total. The second-order valence-corrected chi connectivity index (χ2v) is 8.12. The minimum Gasteiger partial charge on any atom is -0.444 e. The Morgan fingerprint density at radius 3 is 2.75 bits per heavy atom. The van der Waals surface area contributed by atoms with Gasteiger partial charge in [0.05, 0.1) is 17.8 Å². The molecule has 1 aromatic carbocycles. The molecule has 1 N–H and O–H groups in total. The standard InChI is InChI=1S/C17H22BrN3O3/c1-17(2,3)24-16(23)20-7-11(8-20)9-21-15(10-22)13-6-12(18)4-5-14(13)19-21/h4-6,11,22H,7-10H2,1-3H3. The zero-order valence-electron chi connectivity index (χ0n) is 14.1. The first-order valence-electron chi connectivity index (χ1n) is 8.00. The van der Waals surface area contributed by atoms with Crippen LogP contribution in [0.5, 0.6) is 0 Å². The zero-order valence-corrected chi connectivity index (χ0v) is 15.7. The minimum atomic E-state index is -0.473. The van der Waals surface area contributed by atoms with Crippen LogP contribution in [-0.2, 0) is 17.9 Å². The van der Waals surface area contributed by atoms with E-state index in [1.165, 1.54) is 0 Å². The number of aromatic nitrogens is 2. The van der Waals surface area contributed by atoms with Crippen LogP contribution in [0.3, 0.4) is 0 Å². The van der Waals surface area contributed by atoms with Crippen LogP contribution < -0.4 is 0 Å². The van der Waals surface area contributed by atoms with Crippen molar-refractivity contribution in [1.82, 2.24) is 14.7 Å². The van der Waals surface area contributed by atoms with Crippen molar-refractivity contribution in [1.29, 1.82) is 0 Å². The third-order valence-corrected chi connectivity index (χ3v) is 4.49. The van der Waals surface area contributed by atoms with Crippen molar-refractivity contribution in [3.63, 3.8) is 0 Å². The molecular formula is C17H22BrN3O3. The molecule has 0 atom stereocenters. The van der Waals surface area contributed by atoms with E-state index in [4.69, 9.17) is 4.74 Å². The van der Waals surface area contributed by atoms with Gasteiger partial charge in [-0.1, -0.05) is 15.9 Å². The number of ether oxygens (including phenoxy) is 1. The highest BCUT2D eigenvalue weighted by molar-refractivity contribution is 9.10. The molecule has 130 valence electrons. The summed E-state index contributed by atoms with van der Waals surface area (Å²) in [6, 6.07) is 5.84. The summed E-state index contributed by atoms with van der Waals surface area (Å²) in [6.45, 7) is 7.52. The summed E-state index contributed by atoms with van der Waals surface area (Å²) >= 11 is 3.45. The van der Waals surface area contributed by atoms with E-state index in [0.29, 0.717) is 25.6 Å². The number of hydrogen-bond donors (Lipinski definition) is 1. The molecule has 1 fully saturated rings. The second-order valence-electron chi connectivity index (χ2n) is 7.20. The van der Waals surface area contributed by atoms with Crippen LogP contribution in [0.25, 0.3) is 10.9 Å². The van der Waals surface area contributed by atoms with Gasteiger partial charge in [-0.05, 0) is 39.0 Å². The van der Waals surface area contributed by atoms with E-state index >= 15 is 0 Å². The molecule has 0 unspecified atom stereocenters. The Morgan fingerprint density at radius 1 is 1.42 bits per heavy atom. The lowest BCUT2D eigenvalue weighted by atomic mass is 10.0. The Balaban J connectivity index is 1.66. The molecule has 0 saturated carbocycles. The molecule has 0 aliphatic carbocycles. The maximum atomic E-state index is 12.0. The zero-order chi connectivity index (χ0) is 17.5. The van der Waals surface area contributed by atoms with Gasteiger partial charge in [-0.25, -0.2) is 4.79 Å². The van der Waals surface area contributed by atoms with E-state index in [-0.39, 0.29) is 12.7 Å². The molecule has 1 aromatic heterocycles. The number of likely N-dealkylation sites (tertiary alicyclic amines) is 1. The number of rotatable bonds is 3. The molecule has 1 amide bonds. The molecule has 1 saturated heterocycles. The number of nitrogens with zero attached hydrogens (tertiary/aromatic N) is 3. The van der Waals surface area contributed by atoms with Crippen molar-refractivity contribution in [2.24, 2.45) is 5.92 Å². The van der Waals surface area contributed by atoms with Crippen molar-refractivity contribution < 1.29 is 14.6 Å². The maximum Gasteiger partial charge on any atom is 0.410 e. The Morgan fingerprint density at radius 2 is 2.12 bits per heavy atom. The number of aliphatic hydroxyl groups is 1. The Labute approximate surface area is 149 Å². The van der Waals surface area contributed by atoms with Crippen molar-refractivity contribution in [2.75, 3.05) is 13.1 Å². The largest absolute Gasteiger partial charge is 0.444 e. The first kappa shape index (κ1) is 17.2. The molecule has 7 heteroatoms. The highest BCUT2D eigenvalue weighted by Gasteiger charge is 2.34. The van der Waals surface area contributed by atoms with Gasteiger partial charge in [0, 0.05) is 35.4 Å². The number of fused-ring (bicyclic) bond motifs is 1. The van der Waals surface area contributed by atoms with E-state index < -0.39 is 5.60 Å². The maximum absolute atomic E-state index is 12.0. The van der Waals surface area contributed by atoms with E-state index in [9.17, 15) is 9.90 Å². The SMILES string of the molecule is CC(C)(C)OC(=O)N1CC(Cn2nc3ccc(Br)cc3c2CO)C1. The lowest BCUT2D eigenvalue weighted by Gasteiger charge is -2.39. The molecule has 24 heavy (non-hydrogen) atoms. The molecule has 2 heterocycles. The molecule has 0 radical (unpaired) electrons. The Kier molecular flexibility index (Phi) is 4.57. The summed E-state index contributed by atoms with van der Waals surface area (Å²) in [6.07, 6.45) is -0.268. The van der Waals surface area contributed by atoms with Gasteiger partial charge in [-0.2, -0.15) is 5.10 Å². The topological polar surface area (TPSA) is 67.6 Å². The van der Waals surface area contributed by atoms with Crippen LogP contribution in [-0.4, -0.2) is 44.6 Å². The van der Waals surface area contributed by atoms with Crippen molar-refractivity contribution in [3.05, 3.63) is 28.4 Å². The van der Waals surface area contributed by atoms with Gasteiger partial charge in [-0.15, -0.1) is 0 Å². The van der Waals surface area contributed by atoms with Gasteiger partial charge in [0.25, 0.3) is 0 Å². The summed E-state index contributed by atoms with van der Waals surface area (Å²) in [4.78, 5) is 13.7. The molecule has 1 aliphatic rings. The first-order chi connectivity index (χ1) is 11.3. The quantitative estimate of drug-likeness (QED) is 0.866. The van der Waals surface area contributed by atoms with E-state index in [1.807, 2.05) is 43.7 Å². The highest BCUT2D eigenvalue weighted by atomic mass is 79.9. The number of aliphatic hydroxyl groups excluding tert-OH is 1. The number of hydrogen-bond acceptors (Lipinski definition) is 4. The summed E-state index contributed by atoms with van der Waals surface area (Å²) < 4.78 is 8.18. The van der Waals surface area contributed by atoms with Gasteiger partial charge >= 0.3 is 6.09 Å². The van der Waals surface area contributed by atoms with Crippen LogP contribution in [0.4, 0.5) is 4.79 Å². The second kappa shape index (κ2) is 6.37. The fourth-order valence-electron chi connectivity index (χ4n) is 2.88. The van der Waals surface area contributed by atoms with Gasteiger partial charge < -0.3 is 14.7 Å². The van der Waals surface area contributed by atoms with Crippen LogP contribution in [0.1, 0.15) is 26.5 Å². The first-order valence-corrected chi connectivity index (χ1v) is 8.80. The average molecular weight is 396 g/mol. The van der Waals surface area contributed by atoms with Gasteiger partial charge in [0.15, 0.2) is 0 Å². The summed E-state index contributed by atoms with van der Waals surface area (Å²) in [7, 11) is 0. The minimum absolute atomic E-state index is 0.0601. The van der Waals surface area contributed by atoms with E-state index in [1.54, 1.807) is 4.90 Å². The lowest BCUT2D eigenvalue weighted by Crippen LogP contribution is -2.52. The summed E-state index contributed by atoms with van der Waals surface area (Å²) in [5.74, 6) is 0.320. The number of carbonyl (C=O) groups is 1. The van der Waals surface area contributed by atoms with E-state index in [2.05, 4.69) is 21.0 Å². The fourth-order valence-corrected chi connectivity index (χ4v) is 3.24. The normalized spacial score (nSPS) is 15.6. The van der Waals surface area contributed by atoms with E-state index in [0.717, 1.165) is 21.1 Å². The number of benzene rings is 1. The molecule has 2 aromatic rings. The van der Waals surface area contributed by atoms with Gasteiger partial charge in [0.2, 0.25) is 0 Å². The van der Waals surface area contributed by atoms with Crippen LogP contribution in [0.2, 0.25) is 0 Å². The molecule has 1 aliphatic heterocycles. The highest BCUT2D eigenvalue weighted by Crippen LogP contribution is 2.26. The van der Waals surface area contributed by atoms with Crippen molar-refractivity contribution in [3.8, 4) is 0 Å². The number of carbonyl (C=O) groups excluding carboxylic acids is 1. The average Bonchev–Trinajstić information content (AvgIpc) is 2.76. The third-order valence-electron chi connectivity index (χ3n) is 4.00. The lowest BCUT2D eigenvalue weighted by molar-refractivity contribution is -0.00406.